The molecule has 0 spiro atoms. The maximum atomic E-state index is 11.5. The Hall–Kier alpha value is -1.88. The van der Waals surface area contributed by atoms with E-state index < -0.39 is 11.6 Å². The molecule has 1 amide bonds. The first-order chi connectivity index (χ1) is 8.30. The molecule has 0 fully saturated rings. The zero-order chi connectivity index (χ0) is 14.2. The number of aryl methyl sites for hydroxylation is 1. The summed E-state index contributed by atoms with van der Waals surface area (Å²) >= 11 is 0. The highest BCUT2D eigenvalue weighted by Crippen LogP contribution is 2.10. The first-order valence-corrected chi connectivity index (χ1v) is 5.42. The van der Waals surface area contributed by atoms with Gasteiger partial charge in [-0.1, -0.05) is 17.7 Å². The molecule has 0 saturated heterocycles. The predicted octanol–water partition coefficient (Wildman–Crippen LogP) is 1.98. The Morgan fingerprint density at radius 1 is 1.22 bits per heavy atom. The van der Waals surface area contributed by atoms with E-state index >= 15 is 0 Å². The van der Waals surface area contributed by atoms with Crippen LogP contribution in [0, 0.1) is 6.92 Å². The molecule has 18 heavy (non-hydrogen) atoms. The largest absolute Gasteiger partial charge is 0.373 e. The number of primary amides is 1. The fourth-order valence-electron chi connectivity index (χ4n) is 0.901. The lowest BCUT2D eigenvalue weighted by Gasteiger charge is -2.16. The summed E-state index contributed by atoms with van der Waals surface area (Å²) in [6.45, 7) is 7.40. The van der Waals surface area contributed by atoms with Crippen LogP contribution in [0.1, 0.15) is 36.7 Å². The fourth-order valence-corrected chi connectivity index (χ4v) is 0.901. The first-order valence-electron chi connectivity index (χ1n) is 5.42. The smallest absolute Gasteiger partial charge is 0.372 e. The number of carbonyl (C=O) groups excluding carboxylic acids is 2. The molecule has 0 aliphatic carbocycles. The van der Waals surface area contributed by atoms with Crippen molar-refractivity contribution in [3.63, 3.8) is 0 Å². The normalized spacial score (nSPS) is 10.0. The lowest BCUT2D eigenvalue weighted by molar-refractivity contribution is -0.301. The summed E-state index contributed by atoms with van der Waals surface area (Å²) < 4.78 is 0. The minimum atomic E-state index is -0.486. The molecule has 0 bridgehead atoms. The summed E-state index contributed by atoms with van der Waals surface area (Å²) in [5.74, 6) is -0.468. The number of rotatable bonds is 2. The second-order valence-electron chi connectivity index (χ2n) is 4.57. The highest BCUT2D eigenvalue weighted by molar-refractivity contribution is 5.88. The minimum absolute atomic E-state index is 0.250. The number of amides is 1. The van der Waals surface area contributed by atoms with Crippen molar-refractivity contribution in [1.82, 2.24) is 0 Å². The number of benzene rings is 1. The molecule has 0 saturated carbocycles. The van der Waals surface area contributed by atoms with Crippen molar-refractivity contribution < 1.29 is 19.4 Å². The molecule has 2 N–H and O–H groups in total. The molecular formula is C13H19NO4. The van der Waals surface area contributed by atoms with E-state index in [4.69, 9.17) is 14.6 Å². The molecule has 0 radical (unpaired) electrons. The van der Waals surface area contributed by atoms with E-state index in [0.717, 1.165) is 5.56 Å². The Morgan fingerprint density at radius 2 is 1.67 bits per heavy atom. The standard InChI is InChI=1S/C12H16O3.CH3NO/c1-9-5-7-10(8-6-9)11(13)14-15-12(2,3)4;2-1-3/h5-8H,1-4H3;1H,(H2,2,3). The van der Waals surface area contributed by atoms with Gasteiger partial charge in [0.2, 0.25) is 6.41 Å². The van der Waals surface area contributed by atoms with Gasteiger partial charge in [-0.05, 0) is 39.8 Å². The number of hydrogen-bond donors (Lipinski definition) is 1. The molecule has 0 aliphatic rings. The van der Waals surface area contributed by atoms with Crippen molar-refractivity contribution in [2.45, 2.75) is 33.3 Å². The first kappa shape index (κ1) is 16.1. The Morgan fingerprint density at radius 3 is 2.06 bits per heavy atom. The molecule has 1 aromatic rings. The van der Waals surface area contributed by atoms with Gasteiger partial charge in [0.15, 0.2) is 0 Å². The summed E-state index contributed by atoms with van der Waals surface area (Å²) in [7, 11) is 0. The van der Waals surface area contributed by atoms with E-state index in [1.54, 1.807) is 12.1 Å². The third-order valence-corrected chi connectivity index (χ3v) is 1.65. The SMILES string of the molecule is Cc1ccc(C(=O)OOC(C)(C)C)cc1.NC=O. The van der Waals surface area contributed by atoms with E-state index in [9.17, 15) is 4.79 Å². The number of hydrogen-bond acceptors (Lipinski definition) is 4. The van der Waals surface area contributed by atoms with Crippen LogP contribution in [0.2, 0.25) is 0 Å². The van der Waals surface area contributed by atoms with Crippen molar-refractivity contribution in [3.8, 4) is 0 Å². The fraction of sp³-hybridized carbons (Fsp3) is 0.385. The van der Waals surface area contributed by atoms with Crippen LogP contribution in [0.25, 0.3) is 0 Å². The molecule has 0 atom stereocenters. The van der Waals surface area contributed by atoms with E-state index in [-0.39, 0.29) is 6.41 Å². The van der Waals surface area contributed by atoms with Gasteiger partial charge in [-0.15, -0.1) is 0 Å². The van der Waals surface area contributed by atoms with Crippen molar-refractivity contribution in [1.29, 1.82) is 0 Å². The topological polar surface area (TPSA) is 78.6 Å². The molecule has 0 unspecified atom stereocenters. The van der Waals surface area contributed by atoms with Gasteiger partial charge in [-0.2, -0.15) is 4.89 Å². The second kappa shape index (κ2) is 7.45. The van der Waals surface area contributed by atoms with Crippen LogP contribution in [0.4, 0.5) is 0 Å². The molecule has 0 aliphatic heterocycles. The van der Waals surface area contributed by atoms with Crippen LogP contribution in [0.5, 0.6) is 0 Å². The summed E-state index contributed by atoms with van der Waals surface area (Å²) in [6.07, 6.45) is 0.250. The van der Waals surface area contributed by atoms with Crippen LogP contribution in [-0.2, 0) is 14.6 Å². The van der Waals surface area contributed by atoms with Gasteiger partial charge < -0.3 is 5.73 Å². The molecule has 5 nitrogen and oxygen atoms in total. The van der Waals surface area contributed by atoms with Gasteiger partial charge in [0.05, 0.1) is 5.56 Å². The van der Waals surface area contributed by atoms with E-state index in [1.807, 2.05) is 39.8 Å². The van der Waals surface area contributed by atoms with Crippen LogP contribution in [-0.4, -0.2) is 18.0 Å². The Kier molecular flexibility index (Phi) is 6.67. The zero-order valence-electron chi connectivity index (χ0n) is 11.1. The maximum absolute atomic E-state index is 11.5. The van der Waals surface area contributed by atoms with Gasteiger partial charge in [0.25, 0.3) is 0 Å². The zero-order valence-corrected chi connectivity index (χ0v) is 11.1. The second-order valence-corrected chi connectivity index (χ2v) is 4.57. The monoisotopic (exact) mass is 253 g/mol. The minimum Gasteiger partial charge on any atom is -0.372 e. The lowest BCUT2D eigenvalue weighted by Crippen LogP contribution is -2.21. The summed E-state index contributed by atoms with van der Waals surface area (Å²) in [4.78, 5) is 29.7. The van der Waals surface area contributed by atoms with Crippen molar-refractivity contribution in [2.24, 2.45) is 5.73 Å². The molecule has 0 aromatic heterocycles. The third kappa shape index (κ3) is 7.40. The number of carbonyl (C=O) groups is 2. The average molecular weight is 253 g/mol. The van der Waals surface area contributed by atoms with Crippen molar-refractivity contribution in [3.05, 3.63) is 35.4 Å². The van der Waals surface area contributed by atoms with Crippen LogP contribution in [0.3, 0.4) is 0 Å². The van der Waals surface area contributed by atoms with Gasteiger partial charge in [0, 0.05) is 0 Å². The predicted molar refractivity (Wildman–Crippen MR) is 67.7 cm³/mol. The van der Waals surface area contributed by atoms with Gasteiger partial charge >= 0.3 is 5.97 Å². The molecule has 5 heteroatoms. The Balaban J connectivity index is 0.000000873. The van der Waals surface area contributed by atoms with Gasteiger partial charge in [-0.3, -0.25) is 9.68 Å². The van der Waals surface area contributed by atoms with Gasteiger partial charge in [-0.25, -0.2) is 4.79 Å². The summed E-state index contributed by atoms with van der Waals surface area (Å²) in [6, 6.07) is 7.13. The van der Waals surface area contributed by atoms with Crippen molar-refractivity contribution >= 4 is 12.4 Å². The number of nitrogens with two attached hydrogens (primary N) is 1. The third-order valence-electron chi connectivity index (χ3n) is 1.65. The van der Waals surface area contributed by atoms with Gasteiger partial charge in [0.1, 0.15) is 5.60 Å². The van der Waals surface area contributed by atoms with Crippen LogP contribution in [0.15, 0.2) is 24.3 Å². The van der Waals surface area contributed by atoms with Crippen molar-refractivity contribution in [2.75, 3.05) is 0 Å². The summed E-state index contributed by atoms with van der Waals surface area (Å²) in [5, 5.41) is 0. The molecular weight excluding hydrogens is 234 g/mol. The Bertz CT molecular complexity index is 379. The van der Waals surface area contributed by atoms with E-state index in [1.165, 1.54) is 0 Å². The van der Waals surface area contributed by atoms with Crippen LogP contribution < -0.4 is 5.73 Å². The lowest BCUT2D eigenvalue weighted by atomic mass is 10.2. The van der Waals surface area contributed by atoms with Crippen LogP contribution >= 0.6 is 0 Å². The highest BCUT2D eigenvalue weighted by Gasteiger charge is 2.16. The van der Waals surface area contributed by atoms with E-state index in [2.05, 4.69) is 5.73 Å². The quantitative estimate of drug-likeness (QED) is 0.496. The highest BCUT2D eigenvalue weighted by atomic mass is 17.2. The maximum Gasteiger partial charge on any atom is 0.373 e. The molecule has 1 rings (SSSR count). The molecule has 1 aromatic carbocycles. The summed E-state index contributed by atoms with van der Waals surface area (Å²) in [5.41, 5.74) is 5.27. The Labute approximate surface area is 107 Å². The molecule has 100 valence electrons. The van der Waals surface area contributed by atoms with E-state index in [0.29, 0.717) is 5.56 Å². The average Bonchev–Trinajstić information content (AvgIpc) is 2.27. The molecule has 0 heterocycles.